The van der Waals surface area contributed by atoms with Crippen LogP contribution in [0.25, 0.3) is 11.0 Å². The molecule has 0 radical (unpaired) electrons. The Balaban J connectivity index is 0.000000192. The van der Waals surface area contributed by atoms with Crippen molar-refractivity contribution in [2.45, 2.75) is 43.7 Å². The maximum Gasteiger partial charge on any atom is 0.158 e. The molecule has 4 rings (SSSR count). The van der Waals surface area contributed by atoms with Crippen LogP contribution >= 0.6 is 12.6 Å². The van der Waals surface area contributed by atoms with Crippen LogP contribution in [-0.2, 0) is 0 Å². The minimum Gasteiger partial charge on any atom is -0.450 e. The molecule has 0 amide bonds. The quantitative estimate of drug-likeness (QED) is 0.512. The van der Waals surface area contributed by atoms with Crippen molar-refractivity contribution in [3.05, 3.63) is 30.3 Å². The predicted octanol–water partition coefficient (Wildman–Crippen LogP) is 3.44. The van der Waals surface area contributed by atoms with Gasteiger partial charge in [0, 0.05) is 49.1 Å². The minimum absolute atomic E-state index is 0. The largest absolute Gasteiger partial charge is 0.450 e. The van der Waals surface area contributed by atoms with E-state index < -0.39 is 0 Å². The second-order valence-corrected chi connectivity index (χ2v) is 6.40. The summed E-state index contributed by atoms with van der Waals surface area (Å²) in [6.07, 6.45) is 5.90. The molecule has 1 unspecified atom stereocenters. The van der Waals surface area contributed by atoms with Crippen molar-refractivity contribution in [3.63, 3.8) is 0 Å². The topological polar surface area (TPSA) is 56.7 Å². The van der Waals surface area contributed by atoms with Crippen molar-refractivity contribution >= 4 is 23.6 Å². The van der Waals surface area contributed by atoms with Crippen LogP contribution in [0.3, 0.4) is 0 Å². The van der Waals surface area contributed by atoms with Gasteiger partial charge >= 0.3 is 0 Å². The molecule has 2 fully saturated rings. The Morgan fingerprint density at radius 3 is 2.48 bits per heavy atom. The average Bonchev–Trinajstić information content (AvgIpc) is 2.91. The van der Waals surface area contributed by atoms with Crippen LogP contribution in [0, 0.1) is 36.5 Å². The van der Waals surface area contributed by atoms with Gasteiger partial charge in [-0.25, -0.2) is 0 Å². The van der Waals surface area contributed by atoms with Gasteiger partial charge in [-0.2, -0.15) is 0 Å². The molecular weight excluding hydrogens is 508 g/mol. The molecule has 1 aromatic heterocycles. The molecule has 2 aliphatic rings. The smallest absolute Gasteiger partial charge is 0.158 e. The zero-order valence-corrected chi connectivity index (χ0v) is 17.4. The second-order valence-electron chi connectivity index (χ2n) is 5.96. The van der Waals surface area contributed by atoms with Gasteiger partial charge in [0.25, 0.3) is 0 Å². The first-order valence-electron chi connectivity index (χ1n) is 7.08. The van der Waals surface area contributed by atoms with Crippen molar-refractivity contribution < 1.29 is 41.0 Å². The van der Waals surface area contributed by atoms with E-state index in [1.807, 2.05) is 30.3 Å². The number of furan rings is 1. The molecule has 1 aliphatic carbocycles. The third-order valence-corrected chi connectivity index (χ3v) is 4.61. The minimum atomic E-state index is 0. The molecule has 0 bridgehead atoms. The fraction of sp³-hybridized carbons (Fsp3) is 0.500. The monoisotopic (exact) mass is 531 g/mol. The Labute approximate surface area is 155 Å². The Hall–Kier alpha value is 0.0819. The number of nitrogens with one attached hydrogen (secondary N) is 1. The predicted molar refractivity (Wildman–Crippen MR) is 85.4 cm³/mol. The second kappa shape index (κ2) is 8.08. The van der Waals surface area contributed by atoms with Crippen molar-refractivity contribution in [3.8, 4) is 0 Å². The van der Waals surface area contributed by atoms with Gasteiger partial charge in [-0.05, 0) is 43.7 Å². The number of para-hydroxylation sites is 1. The third-order valence-electron chi connectivity index (χ3n) is 4.39. The van der Waals surface area contributed by atoms with E-state index in [4.69, 9.17) is 4.42 Å². The summed E-state index contributed by atoms with van der Waals surface area (Å²) in [6, 6.07) is 10.5. The van der Waals surface area contributed by atoms with Crippen molar-refractivity contribution in [1.82, 2.24) is 5.32 Å². The SMILES string of the molecule is CC1CC2(CCC2)CN1.O.Sc1cc2ccccc2o1.[U]. The summed E-state index contributed by atoms with van der Waals surface area (Å²) in [6.45, 7) is 3.60. The standard InChI is InChI=1S/C8H15N.C8H6OS.H2O.U/c1-7-5-8(6-9-7)3-2-4-8;10-8-5-6-3-1-2-4-7(6)9-8;;/h7,9H,2-6H2,1H3;1-5,10H;1H2;. The zero-order chi connectivity index (χ0) is 13.3. The number of thiol groups is 1. The van der Waals surface area contributed by atoms with Gasteiger partial charge < -0.3 is 15.2 Å². The Morgan fingerprint density at radius 1 is 1.29 bits per heavy atom. The van der Waals surface area contributed by atoms with Crippen LogP contribution < -0.4 is 5.32 Å². The van der Waals surface area contributed by atoms with E-state index in [0.717, 1.165) is 22.4 Å². The van der Waals surface area contributed by atoms with Gasteiger partial charge in [-0.15, -0.1) is 12.6 Å². The van der Waals surface area contributed by atoms with E-state index in [1.54, 1.807) is 0 Å². The third kappa shape index (κ3) is 4.53. The van der Waals surface area contributed by atoms with Gasteiger partial charge in [-0.3, -0.25) is 0 Å². The van der Waals surface area contributed by atoms with Crippen LogP contribution in [0.5, 0.6) is 0 Å². The molecule has 3 nitrogen and oxygen atoms in total. The van der Waals surface area contributed by atoms with Gasteiger partial charge in [0.2, 0.25) is 0 Å². The van der Waals surface area contributed by atoms with Gasteiger partial charge in [-0.1, -0.05) is 24.6 Å². The molecule has 3 N–H and O–H groups in total. The molecule has 1 aromatic carbocycles. The molecule has 1 aliphatic heterocycles. The molecule has 21 heavy (non-hydrogen) atoms. The average molecular weight is 531 g/mol. The molecular formula is C16H23NO2SU. The van der Waals surface area contributed by atoms with Gasteiger partial charge in [0.05, 0.1) is 0 Å². The first-order chi connectivity index (χ1) is 9.17. The number of hydrogen-bond donors (Lipinski definition) is 2. The van der Waals surface area contributed by atoms with Crippen LogP contribution in [0.2, 0.25) is 0 Å². The Kier molecular flexibility index (Phi) is 7.36. The van der Waals surface area contributed by atoms with Crippen molar-refractivity contribution in [2.24, 2.45) is 5.41 Å². The molecule has 2 aromatic rings. The van der Waals surface area contributed by atoms with Crippen LogP contribution in [0.1, 0.15) is 32.6 Å². The molecule has 1 saturated carbocycles. The normalized spacial score (nSPS) is 21.7. The summed E-state index contributed by atoms with van der Waals surface area (Å²) in [7, 11) is 0. The summed E-state index contributed by atoms with van der Waals surface area (Å²) in [5, 5.41) is 5.28. The van der Waals surface area contributed by atoms with Gasteiger partial charge in [0.1, 0.15) is 5.58 Å². The Bertz CT molecular complexity index is 535. The summed E-state index contributed by atoms with van der Waals surface area (Å²) < 4.78 is 5.23. The zero-order valence-electron chi connectivity index (χ0n) is 12.4. The summed E-state index contributed by atoms with van der Waals surface area (Å²) in [5.41, 5.74) is 1.67. The van der Waals surface area contributed by atoms with E-state index in [9.17, 15) is 0 Å². The number of hydrogen-bond acceptors (Lipinski definition) is 3. The van der Waals surface area contributed by atoms with E-state index >= 15 is 0 Å². The summed E-state index contributed by atoms with van der Waals surface area (Å²) in [4.78, 5) is 0. The summed E-state index contributed by atoms with van der Waals surface area (Å²) in [5.74, 6) is 0. The van der Waals surface area contributed by atoms with Crippen LogP contribution in [0.15, 0.2) is 39.8 Å². The van der Waals surface area contributed by atoms with Crippen molar-refractivity contribution in [2.75, 3.05) is 6.54 Å². The van der Waals surface area contributed by atoms with E-state index in [1.165, 1.54) is 32.2 Å². The number of rotatable bonds is 0. The number of benzene rings is 1. The van der Waals surface area contributed by atoms with Crippen LogP contribution in [-0.4, -0.2) is 18.1 Å². The molecule has 1 spiro atoms. The van der Waals surface area contributed by atoms with Gasteiger partial charge in [0.15, 0.2) is 5.09 Å². The Morgan fingerprint density at radius 2 is 2.00 bits per heavy atom. The maximum atomic E-state index is 5.23. The van der Waals surface area contributed by atoms with Crippen LogP contribution in [0.4, 0.5) is 0 Å². The van der Waals surface area contributed by atoms with E-state index in [2.05, 4.69) is 24.9 Å². The first-order valence-corrected chi connectivity index (χ1v) is 7.53. The molecule has 2 heterocycles. The molecule has 1 saturated heterocycles. The van der Waals surface area contributed by atoms with Crippen molar-refractivity contribution in [1.29, 1.82) is 0 Å². The molecule has 114 valence electrons. The first kappa shape index (κ1) is 19.1. The molecule has 5 heteroatoms. The summed E-state index contributed by atoms with van der Waals surface area (Å²) >= 11 is 4.08. The van der Waals surface area contributed by atoms with E-state index in [-0.39, 0.29) is 36.6 Å². The molecule has 1 atom stereocenters. The fourth-order valence-corrected chi connectivity index (χ4v) is 3.45. The fourth-order valence-electron chi connectivity index (χ4n) is 3.21. The maximum absolute atomic E-state index is 5.23. The van der Waals surface area contributed by atoms with E-state index in [0.29, 0.717) is 5.09 Å². The number of fused-ring (bicyclic) bond motifs is 1.